The predicted molar refractivity (Wildman–Crippen MR) is 47.5 cm³/mol. The van der Waals surface area contributed by atoms with Gasteiger partial charge in [-0.2, -0.15) is 4.21 Å². The Hall–Kier alpha value is 0.410. The Morgan fingerprint density at radius 3 is 2.21 bits per heavy atom. The minimum absolute atomic E-state index is 0. The van der Waals surface area contributed by atoms with E-state index in [9.17, 15) is 9.59 Å². The molecule has 14 heavy (non-hydrogen) atoms. The molecule has 1 rings (SSSR count). The summed E-state index contributed by atoms with van der Waals surface area (Å²) in [6, 6.07) is 0. The van der Waals surface area contributed by atoms with E-state index in [0.29, 0.717) is 6.42 Å². The van der Waals surface area contributed by atoms with E-state index < -0.39 is 11.4 Å². The Bertz CT molecular complexity index is 210. The third-order valence-electron chi connectivity index (χ3n) is 1.77. The molecule has 0 aromatic carbocycles. The Morgan fingerprint density at radius 1 is 1.43 bits per heavy atom. The van der Waals surface area contributed by atoms with Crippen molar-refractivity contribution in [3.8, 4) is 0 Å². The van der Waals surface area contributed by atoms with Crippen LogP contribution >= 0.6 is 0 Å². The zero-order valence-electron chi connectivity index (χ0n) is 9.01. The molecule has 2 N–H and O–H groups in total. The maximum atomic E-state index is 10.8. The first kappa shape index (κ1) is 16.8. The number of aldehydes is 1. The molecule has 1 aliphatic rings. The molecule has 1 aliphatic carbocycles. The van der Waals surface area contributed by atoms with Gasteiger partial charge >= 0.3 is 29.6 Å². The van der Waals surface area contributed by atoms with E-state index in [2.05, 4.69) is 0 Å². The van der Waals surface area contributed by atoms with Crippen molar-refractivity contribution in [3.05, 3.63) is 0 Å². The average Bonchev–Trinajstić information content (AvgIpc) is 2.04. The molecule has 0 aliphatic heterocycles. The monoisotopic (exact) mass is 232 g/mol. The Kier molecular flexibility index (Phi) is 12.0. The fourth-order valence-corrected chi connectivity index (χ4v) is 1.15. The third kappa shape index (κ3) is 8.98. The molecule has 5 nitrogen and oxygen atoms in total. The normalized spacial score (nSPS) is 20.5. The maximum absolute atomic E-state index is 10.8. The fraction of sp³-hybridized carbons (Fsp3) is 0.714. The molecule has 0 aromatic rings. The van der Waals surface area contributed by atoms with Crippen molar-refractivity contribution in [2.45, 2.75) is 25.7 Å². The van der Waals surface area contributed by atoms with Gasteiger partial charge in [0.2, 0.25) is 0 Å². The minimum atomic E-state index is -2.61. The topological polar surface area (TPSA) is 91.7 Å². The van der Waals surface area contributed by atoms with Gasteiger partial charge in [-0.25, -0.2) is 0 Å². The van der Waals surface area contributed by atoms with Crippen molar-refractivity contribution >= 4 is 23.4 Å². The van der Waals surface area contributed by atoms with Crippen molar-refractivity contribution in [3.63, 3.8) is 0 Å². The third-order valence-corrected chi connectivity index (χ3v) is 1.77. The van der Waals surface area contributed by atoms with Crippen LogP contribution in [0.5, 0.6) is 0 Å². The van der Waals surface area contributed by atoms with E-state index in [1.165, 1.54) is 0 Å². The molecule has 1 saturated carbocycles. The summed E-state index contributed by atoms with van der Waals surface area (Å²) in [7, 11) is 0. The smallest absolute Gasteiger partial charge is 1.00 e. The summed E-state index contributed by atoms with van der Waals surface area (Å²) < 4.78 is 22.8. The van der Waals surface area contributed by atoms with Crippen LogP contribution in [-0.4, -0.2) is 25.4 Å². The van der Waals surface area contributed by atoms with Crippen LogP contribution in [0.1, 0.15) is 27.1 Å². The molecule has 0 saturated heterocycles. The molecule has 1 atom stereocenters. The van der Waals surface area contributed by atoms with Gasteiger partial charge in [-0.1, -0.05) is 6.42 Å². The van der Waals surface area contributed by atoms with Gasteiger partial charge in [-0.05, 0) is 12.8 Å². The van der Waals surface area contributed by atoms with Crippen LogP contribution in [0.15, 0.2) is 0 Å². The van der Waals surface area contributed by atoms with Crippen LogP contribution in [0.25, 0.3) is 0 Å². The Balaban J connectivity index is -0.000000213. The number of rotatable bonds is 1. The van der Waals surface area contributed by atoms with Gasteiger partial charge in [-0.15, -0.1) is 0 Å². The molecule has 78 valence electrons. The second kappa shape index (κ2) is 9.95. The summed E-state index contributed by atoms with van der Waals surface area (Å²) >= 11 is -2.61. The Labute approximate surface area is 109 Å². The van der Waals surface area contributed by atoms with E-state index in [4.69, 9.17) is 13.3 Å². The van der Waals surface area contributed by atoms with Gasteiger partial charge in [0.05, 0.1) is 5.92 Å². The number of Topliss-reactive ketones (excluding diaryl/α,β-unsaturated/α-hetero) is 1. The van der Waals surface area contributed by atoms with Crippen molar-refractivity contribution in [1.82, 2.24) is 0 Å². The van der Waals surface area contributed by atoms with E-state index in [1.54, 1.807) is 0 Å². The summed E-state index contributed by atoms with van der Waals surface area (Å²) in [5.74, 6) is -0.130. The zero-order valence-corrected chi connectivity index (χ0v) is 10.8. The van der Waals surface area contributed by atoms with Crippen molar-refractivity contribution in [2.75, 3.05) is 0 Å². The number of ketones is 1. The van der Waals surface area contributed by atoms with Crippen molar-refractivity contribution in [1.29, 1.82) is 0 Å². The van der Waals surface area contributed by atoms with Crippen LogP contribution in [0, 0.1) is 5.92 Å². The van der Waals surface area contributed by atoms with Crippen LogP contribution < -0.4 is 29.6 Å². The standard InChI is InChI=1S/C7H10O2.Na.H2O3S.H/c8-5-6-3-1-2-4-7(6)9;;1-4(2)3;/h5-6H,1-4H2;;(H2,1,2,3);/q;+1;;-1. The number of hydrogen-bond acceptors (Lipinski definition) is 3. The molecule has 0 heterocycles. The summed E-state index contributed by atoms with van der Waals surface area (Å²) in [6.45, 7) is 0. The molecule has 0 bridgehead atoms. The molecule has 0 amide bonds. The molecule has 0 radical (unpaired) electrons. The summed E-state index contributed by atoms with van der Waals surface area (Å²) in [5, 5.41) is 0. The van der Waals surface area contributed by atoms with E-state index in [0.717, 1.165) is 25.5 Å². The van der Waals surface area contributed by atoms with Crippen LogP contribution in [0.4, 0.5) is 0 Å². The first-order valence-electron chi connectivity index (χ1n) is 3.86. The quantitative estimate of drug-likeness (QED) is 0.230. The van der Waals surface area contributed by atoms with Gasteiger partial charge < -0.3 is 6.22 Å². The van der Waals surface area contributed by atoms with Gasteiger partial charge in [0.25, 0.3) is 11.4 Å². The minimum Gasteiger partial charge on any atom is -1.00 e. The van der Waals surface area contributed by atoms with Crippen molar-refractivity contribution in [2.24, 2.45) is 5.92 Å². The predicted octanol–water partition coefficient (Wildman–Crippen LogP) is -2.26. The largest absolute Gasteiger partial charge is 1.00 e. The molecule has 0 spiro atoms. The van der Waals surface area contributed by atoms with Gasteiger partial charge in [0.15, 0.2) is 0 Å². The number of carbonyl (C=O) groups excluding carboxylic acids is 2. The molecule has 1 unspecified atom stereocenters. The zero-order chi connectivity index (χ0) is 10.3. The average molecular weight is 232 g/mol. The molecular formula is C7H13NaO5S. The van der Waals surface area contributed by atoms with E-state index in [-0.39, 0.29) is 42.7 Å². The fourth-order valence-electron chi connectivity index (χ4n) is 1.15. The van der Waals surface area contributed by atoms with Gasteiger partial charge in [-0.3, -0.25) is 13.9 Å². The van der Waals surface area contributed by atoms with E-state index >= 15 is 0 Å². The Morgan fingerprint density at radius 2 is 1.93 bits per heavy atom. The van der Waals surface area contributed by atoms with Crippen molar-refractivity contribution < 1.29 is 53.9 Å². The first-order valence-corrected chi connectivity index (χ1v) is 4.92. The first-order chi connectivity index (χ1) is 6.07. The van der Waals surface area contributed by atoms with Crippen LogP contribution in [0.3, 0.4) is 0 Å². The van der Waals surface area contributed by atoms with Gasteiger partial charge in [0.1, 0.15) is 12.1 Å². The molecule has 1 fully saturated rings. The summed E-state index contributed by atoms with van der Waals surface area (Å²) in [5.41, 5.74) is 0. The second-order valence-electron chi connectivity index (χ2n) is 2.69. The van der Waals surface area contributed by atoms with E-state index in [1.807, 2.05) is 0 Å². The van der Waals surface area contributed by atoms with Crippen LogP contribution in [0.2, 0.25) is 0 Å². The number of carbonyl (C=O) groups is 2. The number of hydrogen-bond donors (Lipinski definition) is 2. The molecular weight excluding hydrogens is 219 g/mol. The maximum Gasteiger partial charge on any atom is 1.00 e. The molecule has 7 heteroatoms. The second-order valence-corrected chi connectivity index (χ2v) is 3.15. The molecule has 0 aromatic heterocycles. The summed E-state index contributed by atoms with van der Waals surface area (Å²) in [4.78, 5) is 20.9. The van der Waals surface area contributed by atoms with Crippen LogP contribution in [-0.2, 0) is 21.0 Å². The SMILES string of the molecule is O=CC1CCCCC1=O.O=S(O)O.[H-].[Na+]. The summed E-state index contributed by atoms with van der Waals surface area (Å²) in [6.07, 6.45) is 4.19. The van der Waals surface area contributed by atoms with Gasteiger partial charge in [0, 0.05) is 6.42 Å².